The Bertz CT molecular complexity index is 1060. The first-order valence-electron chi connectivity index (χ1n) is 9.02. The highest BCUT2D eigenvalue weighted by molar-refractivity contribution is 7.18. The molecule has 0 spiro atoms. The van der Waals surface area contributed by atoms with Crippen LogP contribution in [0.3, 0.4) is 0 Å². The maximum Gasteiger partial charge on any atom is 0.268 e. The summed E-state index contributed by atoms with van der Waals surface area (Å²) in [5.41, 5.74) is 1.52. The van der Waals surface area contributed by atoms with Crippen molar-refractivity contribution in [2.45, 2.75) is 13.0 Å². The summed E-state index contributed by atoms with van der Waals surface area (Å²) in [5, 5.41) is 20.4. The van der Waals surface area contributed by atoms with Gasteiger partial charge in [-0.3, -0.25) is 4.79 Å². The fourth-order valence-corrected chi connectivity index (χ4v) is 4.96. The highest BCUT2D eigenvalue weighted by Crippen LogP contribution is 2.33. The Kier molecular flexibility index (Phi) is 5.39. The van der Waals surface area contributed by atoms with E-state index >= 15 is 0 Å². The monoisotopic (exact) mass is 420 g/mol. The lowest BCUT2D eigenvalue weighted by Gasteiger charge is -2.24. The number of thiophene rings is 1. The van der Waals surface area contributed by atoms with E-state index in [1.54, 1.807) is 24.3 Å². The first-order chi connectivity index (χ1) is 13.5. The molecule has 2 N–H and O–H groups in total. The highest BCUT2D eigenvalue weighted by Gasteiger charge is 2.25. The topological polar surface area (TPSA) is 81.8 Å². The lowest BCUT2D eigenvalue weighted by molar-refractivity contribution is 0.255. The van der Waals surface area contributed by atoms with Crippen molar-refractivity contribution in [2.24, 2.45) is 0 Å². The number of likely N-dealkylation sites (N-methyl/N-ethyl adjacent to an activating group) is 1. The van der Waals surface area contributed by atoms with E-state index in [2.05, 4.69) is 11.9 Å². The molecule has 1 aromatic carbocycles. The van der Waals surface area contributed by atoms with Crippen LogP contribution < -0.4 is 10.5 Å². The van der Waals surface area contributed by atoms with Crippen molar-refractivity contribution in [3.8, 4) is 5.69 Å². The van der Waals surface area contributed by atoms with E-state index < -0.39 is 0 Å². The summed E-state index contributed by atoms with van der Waals surface area (Å²) in [5.74, 6) is 0.309. The number of hydrogen-bond acceptors (Lipinski definition) is 7. The predicted molar refractivity (Wildman–Crippen MR) is 112 cm³/mol. The van der Waals surface area contributed by atoms with Crippen molar-refractivity contribution in [1.29, 1.82) is 0 Å². The molecule has 1 aliphatic heterocycles. The Balaban J connectivity index is 2.01. The van der Waals surface area contributed by atoms with Crippen LogP contribution in [0.5, 0.6) is 0 Å². The minimum absolute atomic E-state index is 0.163. The number of fused-ring (bicyclic) bond motifs is 3. The average molecular weight is 421 g/mol. The van der Waals surface area contributed by atoms with E-state index in [1.165, 1.54) is 20.8 Å². The van der Waals surface area contributed by atoms with Gasteiger partial charge in [0, 0.05) is 29.5 Å². The second kappa shape index (κ2) is 7.81. The molecule has 3 heterocycles. The van der Waals surface area contributed by atoms with Gasteiger partial charge >= 0.3 is 0 Å². The van der Waals surface area contributed by atoms with Crippen molar-refractivity contribution in [3.63, 3.8) is 0 Å². The zero-order chi connectivity index (χ0) is 19.8. The Labute approximate surface area is 171 Å². The standard InChI is InChI=1S/C19H21ClN4O3S/c1-22-7-6-14-15(10-22)28-17-16(14)18(27)24(13-4-2-12(20)3-5-13)19(21-17)23(11-26)8-9-25/h2-5,25-26H,6-11H2,1H3. The van der Waals surface area contributed by atoms with Crippen LogP contribution in [0.15, 0.2) is 29.1 Å². The molecule has 3 aromatic rings. The molecule has 7 nitrogen and oxygen atoms in total. The minimum atomic E-state index is -0.361. The van der Waals surface area contributed by atoms with Gasteiger partial charge in [-0.25, -0.2) is 9.55 Å². The quantitative estimate of drug-likeness (QED) is 0.613. The number of aromatic nitrogens is 2. The lowest BCUT2D eigenvalue weighted by Crippen LogP contribution is -2.35. The lowest BCUT2D eigenvalue weighted by atomic mass is 10.1. The molecule has 0 saturated carbocycles. The van der Waals surface area contributed by atoms with Gasteiger partial charge in [-0.2, -0.15) is 0 Å². The number of benzene rings is 1. The number of aliphatic hydroxyl groups excluding tert-OH is 2. The molecule has 1 aliphatic rings. The number of nitrogens with zero attached hydrogens (tertiary/aromatic N) is 4. The molecule has 0 bridgehead atoms. The Morgan fingerprint density at radius 1 is 1.29 bits per heavy atom. The number of aliphatic hydroxyl groups is 2. The van der Waals surface area contributed by atoms with Crippen molar-refractivity contribution in [1.82, 2.24) is 14.5 Å². The fraction of sp³-hybridized carbons (Fsp3) is 0.368. The molecule has 2 aromatic heterocycles. The van der Waals surface area contributed by atoms with E-state index in [0.717, 1.165) is 30.0 Å². The zero-order valence-corrected chi connectivity index (χ0v) is 17.0. The highest BCUT2D eigenvalue weighted by atomic mass is 35.5. The van der Waals surface area contributed by atoms with Crippen LogP contribution in [0.25, 0.3) is 15.9 Å². The molecular formula is C19H21ClN4O3S. The Hall–Kier alpha value is -1.97. The van der Waals surface area contributed by atoms with Crippen molar-refractivity contribution >= 4 is 39.1 Å². The van der Waals surface area contributed by atoms with Crippen LogP contribution in [0.2, 0.25) is 5.02 Å². The number of anilines is 1. The van der Waals surface area contributed by atoms with Gasteiger partial charge < -0.3 is 20.0 Å². The number of hydrogen-bond donors (Lipinski definition) is 2. The molecule has 148 valence electrons. The third-order valence-electron chi connectivity index (χ3n) is 4.96. The van der Waals surface area contributed by atoms with E-state index in [4.69, 9.17) is 16.6 Å². The number of halogens is 1. The van der Waals surface area contributed by atoms with Gasteiger partial charge in [0.15, 0.2) is 0 Å². The summed E-state index contributed by atoms with van der Waals surface area (Å²) in [4.78, 5) is 23.9. The van der Waals surface area contributed by atoms with Gasteiger partial charge in [-0.1, -0.05) is 11.6 Å². The van der Waals surface area contributed by atoms with Crippen molar-refractivity contribution in [2.75, 3.05) is 38.4 Å². The molecule has 9 heteroatoms. The zero-order valence-electron chi connectivity index (χ0n) is 15.4. The molecule has 0 radical (unpaired) electrons. The van der Waals surface area contributed by atoms with E-state index in [-0.39, 0.29) is 25.4 Å². The predicted octanol–water partition coefficient (Wildman–Crippen LogP) is 1.84. The van der Waals surface area contributed by atoms with Crippen LogP contribution in [0, 0.1) is 0 Å². The molecule has 0 atom stereocenters. The molecule has 0 unspecified atom stereocenters. The van der Waals surface area contributed by atoms with E-state index in [9.17, 15) is 15.0 Å². The maximum atomic E-state index is 13.6. The summed E-state index contributed by atoms with van der Waals surface area (Å²) in [6.45, 7) is 1.33. The van der Waals surface area contributed by atoms with E-state index in [1.807, 2.05) is 0 Å². The summed E-state index contributed by atoms with van der Waals surface area (Å²) in [6, 6.07) is 6.93. The normalized spacial score (nSPS) is 14.4. The van der Waals surface area contributed by atoms with Crippen LogP contribution in [0.4, 0.5) is 5.95 Å². The summed E-state index contributed by atoms with van der Waals surface area (Å²) >= 11 is 7.54. The third kappa shape index (κ3) is 3.31. The maximum absolute atomic E-state index is 13.6. The van der Waals surface area contributed by atoms with Crippen LogP contribution in [-0.4, -0.2) is 58.1 Å². The SMILES string of the molecule is CN1CCc2c(sc3nc(N(CO)CCO)n(-c4ccc(Cl)cc4)c(=O)c23)C1. The first kappa shape index (κ1) is 19.4. The summed E-state index contributed by atoms with van der Waals surface area (Å²) in [6.07, 6.45) is 0.809. The number of rotatable bonds is 5. The van der Waals surface area contributed by atoms with Crippen LogP contribution in [0.1, 0.15) is 10.4 Å². The molecule has 4 rings (SSSR count). The summed E-state index contributed by atoms with van der Waals surface area (Å²) < 4.78 is 1.50. The molecule has 0 aliphatic carbocycles. The molecule has 28 heavy (non-hydrogen) atoms. The van der Waals surface area contributed by atoms with E-state index in [0.29, 0.717) is 26.9 Å². The second-order valence-electron chi connectivity index (χ2n) is 6.83. The fourth-order valence-electron chi connectivity index (χ4n) is 3.55. The van der Waals surface area contributed by atoms with Crippen molar-refractivity contribution < 1.29 is 10.2 Å². The van der Waals surface area contributed by atoms with Gasteiger partial charge in [0.25, 0.3) is 5.56 Å². The van der Waals surface area contributed by atoms with Gasteiger partial charge in [0.05, 0.1) is 17.7 Å². The smallest absolute Gasteiger partial charge is 0.268 e. The van der Waals surface area contributed by atoms with Crippen LogP contribution in [-0.2, 0) is 13.0 Å². The minimum Gasteiger partial charge on any atom is -0.395 e. The molecular weight excluding hydrogens is 400 g/mol. The largest absolute Gasteiger partial charge is 0.395 e. The second-order valence-corrected chi connectivity index (χ2v) is 8.35. The van der Waals surface area contributed by atoms with Gasteiger partial charge in [-0.15, -0.1) is 11.3 Å². The van der Waals surface area contributed by atoms with Gasteiger partial charge in [0.2, 0.25) is 5.95 Å². The molecule has 0 fully saturated rings. The van der Waals surface area contributed by atoms with Gasteiger partial charge in [0.1, 0.15) is 11.6 Å². The van der Waals surface area contributed by atoms with Gasteiger partial charge in [-0.05, 0) is 43.3 Å². The summed E-state index contributed by atoms with van der Waals surface area (Å²) in [7, 11) is 2.06. The van der Waals surface area contributed by atoms with Crippen molar-refractivity contribution in [3.05, 3.63) is 50.1 Å². The average Bonchev–Trinajstić information content (AvgIpc) is 3.04. The third-order valence-corrected chi connectivity index (χ3v) is 6.32. The first-order valence-corrected chi connectivity index (χ1v) is 10.2. The molecule has 0 saturated heterocycles. The Morgan fingerprint density at radius 2 is 2.04 bits per heavy atom. The Morgan fingerprint density at radius 3 is 2.71 bits per heavy atom. The van der Waals surface area contributed by atoms with Crippen LogP contribution >= 0.6 is 22.9 Å². The molecule has 0 amide bonds.